The summed E-state index contributed by atoms with van der Waals surface area (Å²) < 4.78 is 5.39. The number of ether oxygens (including phenoxy) is 1. The Hall–Kier alpha value is -2.32. The first-order chi connectivity index (χ1) is 9.75. The molecule has 2 rings (SSSR count). The Bertz CT molecular complexity index is 610. The van der Waals surface area contributed by atoms with E-state index in [4.69, 9.17) is 4.74 Å². The van der Waals surface area contributed by atoms with E-state index in [1.807, 2.05) is 24.4 Å². The van der Waals surface area contributed by atoms with E-state index in [0.717, 1.165) is 5.69 Å². The number of thiophene rings is 1. The second-order valence-electron chi connectivity index (χ2n) is 3.97. The highest BCUT2D eigenvalue weighted by Gasteiger charge is 2.02. The van der Waals surface area contributed by atoms with Crippen LogP contribution in [0.2, 0.25) is 0 Å². The van der Waals surface area contributed by atoms with Gasteiger partial charge in [0.15, 0.2) is 0 Å². The maximum atomic E-state index is 11.6. The van der Waals surface area contributed by atoms with Gasteiger partial charge in [-0.05, 0) is 30.5 Å². The molecular weight excluding hydrogens is 272 g/mol. The Morgan fingerprint density at radius 2 is 2.30 bits per heavy atom. The highest BCUT2D eigenvalue weighted by molar-refractivity contribution is 7.08. The molecule has 2 heterocycles. The van der Waals surface area contributed by atoms with Crippen molar-refractivity contribution < 1.29 is 9.53 Å². The van der Waals surface area contributed by atoms with Gasteiger partial charge in [0.25, 0.3) is 5.91 Å². The third kappa shape index (κ3) is 4.41. The first-order valence-electron chi connectivity index (χ1n) is 6.07. The number of aryl methyl sites for hydroxylation is 1. The molecule has 1 amide bonds. The average molecular weight is 286 g/mol. The Morgan fingerprint density at radius 3 is 3.00 bits per heavy atom. The summed E-state index contributed by atoms with van der Waals surface area (Å²) >= 11 is 1.49. The van der Waals surface area contributed by atoms with Gasteiger partial charge < -0.3 is 10.1 Å². The van der Waals surface area contributed by atoms with E-state index in [0.29, 0.717) is 17.9 Å². The number of pyridine rings is 1. The molecule has 0 saturated carbocycles. The minimum Gasteiger partial charge on any atom is -0.479 e. The number of amides is 1. The van der Waals surface area contributed by atoms with Gasteiger partial charge >= 0.3 is 0 Å². The molecule has 0 aliphatic carbocycles. The smallest absolute Gasteiger partial charge is 0.252 e. The summed E-state index contributed by atoms with van der Waals surface area (Å²) in [6.45, 7) is 2.50. The first kappa shape index (κ1) is 14.1. The molecule has 0 aromatic carbocycles. The van der Waals surface area contributed by atoms with Crippen molar-refractivity contribution in [2.24, 2.45) is 0 Å². The van der Waals surface area contributed by atoms with Gasteiger partial charge in [-0.1, -0.05) is 11.8 Å². The summed E-state index contributed by atoms with van der Waals surface area (Å²) in [6.07, 6.45) is 1.66. The number of nitrogens with one attached hydrogen (secondary N) is 1. The number of hydrogen-bond acceptors (Lipinski definition) is 4. The van der Waals surface area contributed by atoms with E-state index in [2.05, 4.69) is 22.1 Å². The van der Waals surface area contributed by atoms with Crippen LogP contribution in [0.4, 0.5) is 0 Å². The van der Waals surface area contributed by atoms with E-state index < -0.39 is 0 Å². The third-order valence-corrected chi connectivity index (χ3v) is 3.12. The van der Waals surface area contributed by atoms with Crippen LogP contribution in [0.25, 0.3) is 0 Å². The van der Waals surface area contributed by atoms with Crippen LogP contribution in [-0.2, 0) is 0 Å². The SMILES string of the molecule is Cc1ccc(OCC#CCNC(=O)c2ccsc2)cn1. The van der Waals surface area contributed by atoms with Crippen molar-refractivity contribution in [2.45, 2.75) is 6.92 Å². The van der Waals surface area contributed by atoms with Crippen molar-refractivity contribution >= 4 is 17.2 Å². The lowest BCUT2D eigenvalue weighted by Gasteiger charge is -2.01. The molecule has 0 aliphatic heterocycles. The van der Waals surface area contributed by atoms with Crippen LogP contribution in [0.5, 0.6) is 5.75 Å². The molecule has 0 aliphatic rings. The van der Waals surface area contributed by atoms with Crippen LogP contribution >= 0.6 is 11.3 Å². The molecule has 20 heavy (non-hydrogen) atoms. The van der Waals surface area contributed by atoms with Crippen LogP contribution < -0.4 is 10.1 Å². The summed E-state index contributed by atoms with van der Waals surface area (Å²) in [5, 5.41) is 6.38. The van der Waals surface area contributed by atoms with Crippen molar-refractivity contribution in [1.82, 2.24) is 10.3 Å². The molecule has 0 atom stereocenters. The zero-order valence-electron chi connectivity index (χ0n) is 11.1. The molecule has 5 heteroatoms. The molecule has 0 unspecified atom stereocenters. The summed E-state index contributed by atoms with van der Waals surface area (Å²) in [5.74, 6) is 6.25. The molecule has 2 aromatic rings. The molecule has 2 aromatic heterocycles. The molecule has 0 saturated heterocycles. The number of nitrogens with zero attached hydrogens (tertiary/aromatic N) is 1. The van der Waals surface area contributed by atoms with Crippen LogP contribution in [0, 0.1) is 18.8 Å². The number of carbonyl (C=O) groups excluding carboxylic acids is 1. The molecule has 0 spiro atoms. The summed E-state index contributed by atoms with van der Waals surface area (Å²) in [7, 11) is 0. The minimum absolute atomic E-state index is 0.107. The van der Waals surface area contributed by atoms with Gasteiger partial charge in [0.2, 0.25) is 0 Å². The normalized spacial score (nSPS) is 9.45. The molecular formula is C15H14N2O2S. The maximum Gasteiger partial charge on any atom is 0.252 e. The number of carbonyl (C=O) groups is 1. The van der Waals surface area contributed by atoms with Gasteiger partial charge in [0.1, 0.15) is 12.4 Å². The van der Waals surface area contributed by atoms with E-state index in [1.165, 1.54) is 11.3 Å². The predicted molar refractivity (Wildman–Crippen MR) is 78.9 cm³/mol. The Kier molecular flexibility index (Phi) is 5.15. The third-order valence-electron chi connectivity index (χ3n) is 2.44. The van der Waals surface area contributed by atoms with E-state index in [9.17, 15) is 4.79 Å². The topological polar surface area (TPSA) is 51.2 Å². The molecule has 1 N–H and O–H groups in total. The van der Waals surface area contributed by atoms with E-state index in [-0.39, 0.29) is 12.5 Å². The Labute approximate surface area is 121 Å². The largest absolute Gasteiger partial charge is 0.479 e. The van der Waals surface area contributed by atoms with Crippen molar-refractivity contribution in [3.63, 3.8) is 0 Å². The van der Waals surface area contributed by atoms with Gasteiger partial charge in [-0.3, -0.25) is 9.78 Å². The molecule has 4 nitrogen and oxygen atoms in total. The number of aromatic nitrogens is 1. The highest BCUT2D eigenvalue weighted by Crippen LogP contribution is 2.07. The zero-order chi connectivity index (χ0) is 14.2. The van der Waals surface area contributed by atoms with Crippen LogP contribution in [0.15, 0.2) is 35.2 Å². The summed E-state index contributed by atoms with van der Waals surface area (Å²) in [5.41, 5.74) is 1.61. The van der Waals surface area contributed by atoms with E-state index in [1.54, 1.807) is 17.6 Å². The minimum atomic E-state index is -0.107. The second-order valence-corrected chi connectivity index (χ2v) is 4.75. The quantitative estimate of drug-likeness (QED) is 0.877. The van der Waals surface area contributed by atoms with Crippen molar-refractivity contribution in [2.75, 3.05) is 13.2 Å². The lowest BCUT2D eigenvalue weighted by molar-refractivity contribution is 0.0959. The van der Waals surface area contributed by atoms with Crippen LogP contribution in [0.1, 0.15) is 16.1 Å². The molecule has 0 radical (unpaired) electrons. The van der Waals surface area contributed by atoms with Gasteiger partial charge in [0, 0.05) is 11.1 Å². The Morgan fingerprint density at radius 1 is 1.40 bits per heavy atom. The van der Waals surface area contributed by atoms with Gasteiger partial charge in [-0.15, -0.1) is 0 Å². The highest BCUT2D eigenvalue weighted by atomic mass is 32.1. The second kappa shape index (κ2) is 7.31. The number of hydrogen-bond donors (Lipinski definition) is 1. The van der Waals surface area contributed by atoms with Crippen LogP contribution in [0.3, 0.4) is 0 Å². The van der Waals surface area contributed by atoms with Gasteiger partial charge in [-0.2, -0.15) is 11.3 Å². The van der Waals surface area contributed by atoms with E-state index >= 15 is 0 Å². The van der Waals surface area contributed by atoms with Crippen molar-refractivity contribution in [3.8, 4) is 17.6 Å². The predicted octanol–water partition coefficient (Wildman–Crippen LogP) is 2.26. The maximum absolute atomic E-state index is 11.6. The average Bonchev–Trinajstić information content (AvgIpc) is 2.98. The van der Waals surface area contributed by atoms with Crippen LogP contribution in [-0.4, -0.2) is 24.0 Å². The fraction of sp³-hybridized carbons (Fsp3) is 0.200. The lowest BCUT2D eigenvalue weighted by atomic mass is 10.3. The van der Waals surface area contributed by atoms with Crippen molar-refractivity contribution in [1.29, 1.82) is 0 Å². The fourth-order valence-corrected chi connectivity index (χ4v) is 2.03. The molecule has 102 valence electrons. The fourth-order valence-electron chi connectivity index (χ4n) is 1.39. The standard InChI is InChI=1S/C15H14N2O2S/c1-12-4-5-14(10-17-12)19-8-3-2-7-16-15(18)13-6-9-20-11-13/h4-6,9-11H,7-8H2,1H3,(H,16,18). The van der Waals surface area contributed by atoms with Gasteiger partial charge in [-0.25, -0.2) is 0 Å². The number of rotatable bonds is 4. The summed E-state index contributed by atoms with van der Waals surface area (Å²) in [4.78, 5) is 15.7. The lowest BCUT2D eigenvalue weighted by Crippen LogP contribution is -2.23. The van der Waals surface area contributed by atoms with Gasteiger partial charge in [0.05, 0.1) is 18.3 Å². The zero-order valence-corrected chi connectivity index (χ0v) is 11.9. The molecule has 0 fully saturated rings. The monoisotopic (exact) mass is 286 g/mol. The Balaban J connectivity index is 1.68. The van der Waals surface area contributed by atoms with Crippen molar-refractivity contribution in [3.05, 3.63) is 46.4 Å². The molecule has 0 bridgehead atoms. The first-order valence-corrected chi connectivity index (χ1v) is 7.01. The summed E-state index contributed by atoms with van der Waals surface area (Å²) in [6, 6.07) is 5.51.